The first kappa shape index (κ1) is 19.6. The smallest absolute Gasteiger partial charge is 0.253 e. The third-order valence-corrected chi connectivity index (χ3v) is 6.15. The highest BCUT2D eigenvalue weighted by molar-refractivity contribution is 7.89. The molecule has 0 aromatic heterocycles. The number of hydrogen-bond donors (Lipinski definition) is 1. The summed E-state index contributed by atoms with van der Waals surface area (Å²) in [5, 5.41) is 2.65. The van der Waals surface area contributed by atoms with Crippen molar-refractivity contribution < 1.29 is 22.7 Å². The van der Waals surface area contributed by atoms with Gasteiger partial charge in [-0.3, -0.25) is 4.79 Å². The van der Waals surface area contributed by atoms with Crippen LogP contribution in [0.4, 0.5) is 5.69 Å². The van der Waals surface area contributed by atoms with E-state index in [1.807, 2.05) is 7.05 Å². The van der Waals surface area contributed by atoms with Crippen LogP contribution in [-0.4, -0.2) is 77.1 Å². The molecule has 2 rings (SSSR count). The number of benzene rings is 1. The summed E-state index contributed by atoms with van der Waals surface area (Å²) in [6.45, 7) is 3.85. The van der Waals surface area contributed by atoms with Gasteiger partial charge in [0, 0.05) is 33.3 Å². The second kappa shape index (κ2) is 8.13. The molecule has 8 nitrogen and oxygen atoms in total. The Kier molecular flexibility index (Phi) is 6.39. The van der Waals surface area contributed by atoms with Gasteiger partial charge in [-0.15, -0.1) is 0 Å². The Morgan fingerprint density at radius 2 is 1.84 bits per heavy atom. The summed E-state index contributed by atoms with van der Waals surface area (Å²) in [5.41, 5.74) is 0.298. The Hall–Kier alpha value is -1.68. The highest BCUT2D eigenvalue weighted by atomic mass is 32.2. The maximum atomic E-state index is 12.9. The molecule has 0 radical (unpaired) electrons. The second-order valence-corrected chi connectivity index (χ2v) is 7.87. The average Bonchev–Trinajstić information content (AvgIpc) is 2.61. The third kappa shape index (κ3) is 4.49. The number of carbonyl (C=O) groups excluding carboxylic acids is 1. The van der Waals surface area contributed by atoms with Crippen LogP contribution in [0.3, 0.4) is 0 Å². The SMILES string of the molecule is COc1ccc(S(=O)(=O)N2CCN(C)CC2)cc1NC(=O)C(C)OC. The number of piperazine rings is 1. The van der Waals surface area contributed by atoms with Gasteiger partial charge in [-0.1, -0.05) is 0 Å². The average molecular weight is 371 g/mol. The lowest BCUT2D eigenvalue weighted by atomic mass is 10.2. The number of nitrogens with one attached hydrogen (secondary N) is 1. The number of methoxy groups -OCH3 is 2. The lowest BCUT2D eigenvalue weighted by Crippen LogP contribution is -2.47. The number of sulfonamides is 1. The van der Waals surface area contributed by atoms with Crippen LogP contribution in [-0.2, 0) is 19.6 Å². The molecule has 9 heteroatoms. The fourth-order valence-electron chi connectivity index (χ4n) is 2.46. The molecule has 1 aromatic carbocycles. The maximum absolute atomic E-state index is 12.9. The van der Waals surface area contributed by atoms with Gasteiger partial charge >= 0.3 is 0 Å². The van der Waals surface area contributed by atoms with Crippen molar-refractivity contribution in [2.45, 2.75) is 17.9 Å². The van der Waals surface area contributed by atoms with Crippen molar-refractivity contribution in [2.75, 3.05) is 52.8 Å². The Morgan fingerprint density at radius 3 is 2.40 bits per heavy atom. The van der Waals surface area contributed by atoms with Crippen LogP contribution in [0, 0.1) is 0 Å². The molecule has 0 aliphatic carbocycles. The summed E-state index contributed by atoms with van der Waals surface area (Å²) in [6.07, 6.45) is -0.664. The molecule has 1 N–H and O–H groups in total. The molecule has 1 aromatic rings. The first-order valence-electron chi connectivity index (χ1n) is 8.00. The van der Waals surface area contributed by atoms with Crippen molar-refractivity contribution in [1.29, 1.82) is 0 Å². The summed E-state index contributed by atoms with van der Waals surface area (Å²) in [4.78, 5) is 14.3. The molecule has 1 heterocycles. The van der Waals surface area contributed by atoms with Crippen LogP contribution in [0.15, 0.2) is 23.1 Å². The quantitative estimate of drug-likeness (QED) is 0.788. The largest absolute Gasteiger partial charge is 0.495 e. The van der Waals surface area contributed by atoms with E-state index in [2.05, 4.69) is 10.2 Å². The van der Waals surface area contributed by atoms with E-state index in [0.29, 0.717) is 37.6 Å². The van der Waals surface area contributed by atoms with Gasteiger partial charge in [-0.05, 0) is 32.2 Å². The van der Waals surface area contributed by atoms with Crippen molar-refractivity contribution in [3.05, 3.63) is 18.2 Å². The van der Waals surface area contributed by atoms with Crippen molar-refractivity contribution >= 4 is 21.6 Å². The van der Waals surface area contributed by atoms with Crippen LogP contribution in [0.1, 0.15) is 6.92 Å². The molecule has 1 aliphatic heterocycles. The van der Waals surface area contributed by atoms with Crippen molar-refractivity contribution in [2.24, 2.45) is 0 Å². The van der Waals surface area contributed by atoms with Crippen LogP contribution < -0.4 is 10.1 Å². The highest BCUT2D eigenvalue weighted by Crippen LogP contribution is 2.29. The molecule has 1 saturated heterocycles. The standard InChI is InChI=1S/C16H25N3O5S/c1-12(23-3)16(20)17-14-11-13(5-6-15(14)24-4)25(21,22)19-9-7-18(2)8-10-19/h5-6,11-12H,7-10H2,1-4H3,(H,17,20). The zero-order valence-corrected chi connectivity index (χ0v) is 15.8. The molecule has 1 fully saturated rings. The Labute approximate surface area is 148 Å². The molecular weight excluding hydrogens is 346 g/mol. The molecule has 1 unspecified atom stereocenters. The van der Waals surface area contributed by atoms with Crippen LogP contribution in [0.5, 0.6) is 5.75 Å². The van der Waals surface area contributed by atoms with E-state index < -0.39 is 16.1 Å². The summed E-state index contributed by atoms with van der Waals surface area (Å²) in [7, 11) is 1.22. The Morgan fingerprint density at radius 1 is 1.20 bits per heavy atom. The predicted octanol–water partition coefficient (Wildman–Crippen LogP) is 0.605. The monoisotopic (exact) mass is 371 g/mol. The molecule has 140 valence electrons. The molecule has 1 amide bonds. The topological polar surface area (TPSA) is 88.2 Å². The number of rotatable bonds is 6. The van der Waals surface area contributed by atoms with Crippen LogP contribution >= 0.6 is 0 Å². The van der Waals surface area contributed by atoms with Gasteiger partial charge < -0.3 is 19.7 Å². The van der Waals surface area contributed by atoms with E-state index >= 15 is 0 Å². The van der Waals surface area contributed by atoms with Gasteiger partial charge in [0.2, 0.25) is 10.0 Å². The predicted molar refractivity (Wildman–Crippen MR) is 94.4 cm³/mol. The fourth-order valence-corrected chi connectivity index (χ4v) is 3.91. The number of carbonyl (C=O) groups is 1. The van der Waals surface area contributed by atoms with Gasteiger partial charge in [-0.25, -0.2) is 8.42 Å². The van der Waals surface area contributed by atoms with E-state index in [0.717, 1.165) is 0 Å². The molecule has 25 heavy (non-hydrogen) atoms. The van der Waals surface area contributed by atoms with Gasteiger partial charge in [0.05, 0.1) is 17.7 Å². The number of likely N-dealkylation sites (N-methyl/N-ethyl adjacent to an activating group) is 1. The van der Waals surface area contributed by atoms with E-state index in [1.165, 1.54) is 36.7 Å². The first-order chi connectivity index (χ1) is 11.8. The molecule has 1 aliphatic rings. The molecule has 0 bridgehead atoms. The first-order valence-corrected chi connectivity index (χ1v) is 9.44. The van der Waals surface area contributed by atoms with Crippen LogP contribution in [0.2, 0.25) is 0 Å². The number of ether oxygens (including phenoxy) is 2. The van der Waals surface area contributed by atoms with E-state index in [9.17, 15) is 13.2 Å². The normalized spacial score (nSPS) is 17.9. The Balaban J connectivity index is 2.29. The van der Waals surface area contributed by atoms with E-state index in [1.54, 1.807) is 6.92 Å². The zero-order valence-electron chi connectivity index (χ0n) is 15.0. The number of anilines is 1. The van der Waals surface area contributed by atoms with Gasteiger partial charge in [0.25, 0.3) is 5.91 Å². The van der Waals surface area contributed by atoms with Crippen LogP contribution in [0.25, 0.3) is 0 Å². The lowest BCUT2D eigenvalue weighted by molar-refractivity contribution is -0.124. The van der Waals surface area contributed by atoms with Gasteiger partial charge in [0.15, 0.2) is 0 Å². The van der Waals surface area contributed by atoms with Crippen molar-refractivity contribution in [3.63, 3.8) is 0 Å². The summed E-state index contributed by atoms with van der Waals surface area (Å²) in [6, 6.07) is 4.45. The molecule has 0 spiro atoms. The second-order valence-electron chi connectivity index (χ2n) is 5.94. The number of amides is 1. The zero-order chi connectivity index (χ0) is 18.6. The minimum Gasteiger partial charge on any atom is -0.495 e. The summed E-state index contributed by atoms with van der Waals surface area (Å²) >= 11 is 0. The highest BCUT2D eigenvalue weighted by Gasteiger charge is 2.28. The molecular formula is C16H25N3O5S. The number of hydrogen-bond acceptors (Lipinski definition) is 6. The van der Waals surface area contributed by atoms with E-state index in [4.69, 9.17) is 9.47 Å². The third-order valence-electron chi connectivity index (χ3n) is 4.25. The number of nitrogens with zero attached hydrogens (tertiary/aromatic N) is 2. The fraction of sp³-hybridized carbons (Fsp3) is 0.562. The minimum absolute atomic E-state index is 0.123. The molecule has 0 saturated carbocycles. The molecule has 1 atom stereocenters. The van der Waals surface area contributed by atoms with Crippen molar-refractivity contribution in [3.8, 4) is 5.75 Å². The van der Waals surface area contributed by atoms with Crippen molar-refractivity contribution in [1.82, 2.24) is 9.21 Å². The van der Waals surface area contributed by atoms with E-state index in [-0.39, 0.29) is 10.8 Å². The maximum Gasteiger partial charge on any atom is 0.253 e. The van der Waals surface area contributed by atoms with Gasteiger partial charge in [-0.2, -0.15) is 4.31 Å². The summed E-state index contributed by atoms with van der Waals surface area (Å²) in [5.74, 6) is 0.00364. The Bertz CT molecular complexity index is 714. The lowest BCUT2D eigenvalue weighted by Gasteiger charge is -2.31. The summed E-state index contributed by atoms with van der Waals surface area (Å²) < 4.78 is 37.4. The minimum atomic E-state index is -3.63. The van der Waals surface area contributed by atoms with Gasteiger partial charge in [0.1, 0.15) is 11.9 Å².